The van der Waals surface area contributed by atoms with Gasteiger partial charge in [-0.05, 0) is 62.9 Å². The van der Waals surface area contributed by atoms with Crippen LogP contribution in [0.3, 0.4) is 0 Å². The van der Waals surface area contributed by atoms with Crippen molar-refractivity contribution in [2.45, 2.75) is 45.6 Å². The topological polar surface area (TPSA) is 55.3 Å². The third-order valence-corrected chi connectivity index (χ3v) is 4.69. The first-order valence-corrected chi connectivity index (χ1v) is 8.97. The molecule has 0 bridgehead atoms. The van der Waals surface area contributed by atoms with E-state index in [2.05, 4.69) is 36.8 Å². The summed E-state index contributed by atoms with van der Waals surface area (Å²) >= 11 is 0. The van der Waals surface area contributed by atoms with Gasteiger partial charge in [0.2, 0.25) is 0 Å². The molecule has 2 heterocycles. The maximum absolute atomic E-state index is 13.0. The number of hydrogen-bond donors (Lipinski definition) is 0. The second kappa shape index (κ2) is 7.28. The molecule has 0 aliphatic carbocycles. The van der Waals surface area contributed by atoms with E-state index in [0.717, 1.165) is 23.4 Å². The molecule has 1 aromatic heterocycles. The highest BCUT2D eigenvalue weighted by Crippen LogP contribution is 2.44. The third kappa shape index (κ3) is 3.62. The van der Waals surface area contributed by atoms with Crippen LogP contribution in [0.2, 0.25) is 0 Å². The van der Waals surface area contributed by atoms with Crippen LogP contribution >= 0.6 is 0 Å². The van der Waals surface area contributed by atoms with Crippen LogP contribution in [-0.4, -0.2) is 28.0 Å². The predicted molar refractivity (Wildman–Crippen MR) is 103 cm³/mol. The number of carbonyl (C=O) groups is 1. The van der Waals surface area contributed by atoms with Crippen LogP contribution in [-0.2, 0) is 4.79 Å². The average molecular weight is 351 g/mol. The van der Waals surface area contributed by atoms with Crippen LogP contribution < -0.4 is 9.64 Å². The molecule has 0 radical (unpaired) electrons. The zero-order chi connectivity index (χ0) is 18.7. The molecule has 0 fully saturated rings. The van der Waals surface area contributed by atoms with Gasteiger partial charge in [-0.1, -0.05) is 6.92 Å². The number of fused-ring (bicyclic) bond motifs is 1. The van der Waals surface area contributed by atoms with E-state index >= 15 is 0 Å². The number of amides is 1. The van der Waals surface area contributed by atoms with E-state index in [1.165, 1.54) is 0 Å². The Morgan fingerprint density at radius 2 is 2.19 bits per heavy atom. The molecule has 1 atom stereocenters. The highest BCUT2D eigenvalue weighted by atomic mass is 16.5. The molecule has 3 rings (SSSR count). The lowest BCUT2D eigenvalue weighted by molar-refractivity contribution is -0.115. The van der Waals surface area contributed by atoms with E-state index in [9.17, 15) is 4.79 Å². The largest absolute Gasteiger partial charge is 0.494 e. The third-order valence-electron chi connectivity index (χ3n) is 4.69. The summed E-state index contributed by atoms with van der Waals surface area (Å²) in [5, 5.41) is 0. The summed E-state index contributed by atoms with van der Waals surface area (Å²) < 4.78 is 5.64. The minimum absolute atomic E-state index is 0.0574. The fourth-order valence-corrected chi connectivity index (χ4v) is 3.71. The van der Waals surface area contributed by atoms with Gasteiger partial charge >= 0.3 is 0 Å². The van der Waals surface area contributed by atoms with Crippen LogP contribution in [0, 0.1) is 0 Å². The number of rotatable bonds is 4. The summed E-state index contributed by atoms with van der Waals surface area (Å²) in [5.74, 6) is 1.15. The van der Waals surface area contributed by atoms with E-state index in [0.29, 0.717) is 18.2 Å². The Morgan fingerprint density at radius 1 is 1.38 bits per heavy atom. The van der Waals surface area contributed by atoms with Gasteiger partial charge in [0, 0.05) is 29.7 Å². The van der Waals surface area contributed by atoms with Gasteiger partial charge in [-0.15, -0.1) is 0 Å². The molecular weight excluding hydrogens is 326 g/mol. The lowest BCUT2D eigenvalue weighted by atomic mass is 9.80. The number of anilines is 1. The van der Waals surface area contributed by atoms with Crippen molar-refractivity contribution in [2.75, 3.05) is 11.5 Å². The Kier molecular flexibility index (Phi) is 5.07. The number of ether oxygens (including phenoxy) is 1. The summed E-state index contributed by atoms with van der Waals surface area (Å²) in [6, 6.07) is 5.99. The second-order valence-corrected chi connectivity index (χ2v) is 7.21. The van der Waals surface area contributed by atoms with Gasteiger partial charge in [0.25, 0.3) is 5.91 Å². The van der Waals surface area contributed by atoms with Crippen LogP contribution in [0.5, 0.6) is 5.75 Å². The zero-order valence-electron chi connectivity index (χ0n) is 15.8. The van der Waals surface area contributed by atoms with Gasteiger partial charge in [0.05, 0.1) is 18.5 Å². The molecule has 2 aromatic rings. The first-order valence-electron chi connectivity index (χ1n) is 8.97. The Bertz CT molecular complexity index is 815. The molecule has 0 saturated heterocycles. The molecule has 0 saturated carbocycles. The molecule has 1 aromatic carbocycles. The summed E-state index contributed by atoms with van der Waals surface area (Å²) in [6.45, 7) is 9.02. The summed E-state index contributed by atoms with van der Waals surface area (Å²) in [6.07, 6.45) is 9.03. The number of aromatic nitrogens is 2. The second-order valence-electron chi connectivity index (χ2n) is 7.21. The van der Waals surface area contributed by atoms with E-state index < -0.39 is 0 Å². The highest BCUT2D eigenvalue weighted by molar-refractivity contribution is 6.05. The van der Waals surface area contributed by atoms with Gasteiger partial charge in [-0.2, -0.15) is 0 Å². The number of hydrogen-bond acceptors (Lipinski definition) is 4. The fraction of sp³-hybridized carbons (Fsp3) is 0.381. The van der Waals surface area contributed by atoms with Crippen molar-refractivity contribution in [3.8, 4) is 5.75 Å². The quantitative estimate of drug-likeness (QED) is 0.775. The van der Waals surface area contributed by atoms with Crippen LogP contribution in [0.1, 0.15) is 51.3 Å². The highest BCUT2D eigenvalue weighted by Gasteiger charge is 2.39. The lowest BCUT2D eigenvalue weighted by Gasteiger charge is -2.45. The molecule has 1 aliphatic heterocycles. The fourth-order valence-electron chi connectivity index (χ4n) is 3.71. The first-order chi connectivity index (χ1) is 12.4. The predicted octanol–water partition coefficient (Wildman–Crippen LogP) is 4.21. The SMILES string of the molecule is CCOc1ccc2c(c1)C(C)CC(C)(C)N2C(=O)C=Cc1cnccn1. The van der Waals surface area contributed by atoms with Gasteiger partial charge in [-0.3, -0.25) is 14.8 Å². The standard InChI is InChI=1S/C21H25N3O2/c1-5-26-17-7-8-19-18(12-17)15(2)13-21(3,4)24(19)20(25)9-6-16-14-22-10-11-23-16/h6-12,14-15H,5,13H2,1-4H3. The molecule has 1 amide bonds. The molecule has 5 heteroatoms. The molecule has 1 aliphatic rings. The number of carbonyl (C=O) groups excluding carboxylic acids is 1. The molecule has 136 valence electrons. The minimum atomic E-state index is -0.274. The van der Waals surface area contributed by atoms with E-state index in [1.807, 2.05) is 24.0 Å². The summed E-state index contributed by atoms with van der Waals surface area (Å²) in [5.41, 5.74) is 2.49. The van der Waals surface area contributed by atoms with Crippen molar-refractivity contribution in [3.05, 3.63) is 54.1 Å². The maximum Gasteiger partial charge on any atom is 0.251 e. The van der Waals surface area contributed by atoms with Crippen molar-refractivity contribution in [1.29, 1.82) is 0 Å². The smallest absolute Gasteiger partial charge is 0.251 e. The van der Waals surface area contributed by atoms with Crippen molar-refractivity contribution in [2.24, 2.45) is 0 Å². The number of nitrogens with zero attached hydrogens (tertiary/aromatic N) is 3. The summed E-state index contributed by atoms with van der Waals surface area (Å²) in [7, 11) is 0. The van der Waals surface area contributed by atoms with Gasteiger partial charge in [0.1, 0.15) is 5.75 Å². The summed E-state index contributed by atoms with van der Waals surface area (Å²) in [4.78, 5) is 23.1. The normalized spacial score (nSPS) is 18.6. The van der Waals surface area contributed by atoms with Crippen molar-refractivity contribution in [1.82, 2.24) is 9.97 Å². The monoisotopic (exact) mass is 351 g/mol. The van der Waals surface area contributed by atoms with Crippen molar-refractivity contribution in [3.63, 3.8) is 0 Å². The van der Waals surface area contributed by atoms with Crippen molar-refractivity contribution < 1.29 is 9.53 Å². The molecule has 0 spiro atoms. The van der Waals surface area contributed by atoms with Crippen LogP contribution in [0.15, 0.2) is 42.9 Å². The Labute approximate surface area is 154 Å². The lowest BCUT2D eigenvalue weighted by Crippen LogP contribution is -2.51. The first kappa shape index (κ1) is 18.1. The Balaban J connectivity index is 1.96. The van der Waals surface area contributed by atoms with E-state index in [4.69, 9.17) is 4.74 Å². The maximum atomic E-state index is 13.0. The Hall–Kier alpha value is -2.69. The zero-order valence-corrected chi connectivity index (χ0v) is 15.8. The molecule has 0 N–H and O–H groups in total. The molecule has 1 unspecified atom stereocenters. The number of benzene rings is 1. The van der Waals surface area contributed by atoms with E-state index in [-0.39, 0.29) is 11.4 Å². The van der Waals surface area contributed by atoms with E-state index in [1.54, 1.807) is 30.7 Å². The van der Waals surface area contributed by atoms with Gasteiger partial charge < -0.3 is 9.64 Å². The van der Waals surface area contributed by atoms with Crippen molar-refractivity contribution >= 4 is 17.7 Å². The molecule has 26 heavy (non-hydrogen) atoms. The Morgan fingerprint density at radius 3 is 2.88 bits per heavy atom. The van der Waals surface area contributed by atoms with Crippen LogP contribution in [0.4, 0.5) is 5.69 Å². The van der Waals surface area contributed by atoms with Gasteiger partial charge in [-0.25, -0.2) is 0 Å². The average Bonchev–Trinajstić information content (AvgIpc) is 2.61. The molecule has 5 nitrogen and oxygen atoms in total. The molecular formula is C21H25N3O2. The van der Waals surface area contributed by atoms with Gasteiger partial charge in [0.15, 0.2) is 0 Å². The van der Waals surface area contributed by atoms with Crippen LogP contribution in [0.25, 0.3) is 6.08 Å². The minimum Gasteiger partial charge on any atom is -0.494 e.